The van der Waals surface area contributed by atoms with E-state index in [4.69, 9.17) is 0 Å². The van der Waals surface area contributed by atoms with Crippen LogP contribution in [0.2, 0.25) is 0 Å². The Balaban J connectivity index is 1.92. The standard InChI is InChI=1S/C17H25N3O4S/c1-13(2)12-16(21)19-8-10-20(11-9-19)17(22)18-25(23,24)15-6-4-14(3)5-7-15/h4-7,13H,8-12H2,1-3H3,(H,18,22). The molecule has 0 aromatic heterocycles. The number of amides is 3. The van der Waals surface area contributed by atoms with Crippen LogP contribution in [0.5, 0.6) is 0 Å². The molecule has 138 valence electrons. The molecule has 0 unspecified atom stereocenters. The van der Waals surface area contributed by atoms with Crippen LogP contribution in [0.25, 0.3) is 0 Å². The largest absolute Gasteiger partial charge is 0.339 e. The molecule has 0 aliphatic carbocycles. The number of sulfonamides is 1. The van der Waals surface area contributed by atoms with Gasteiger partial charge in [0.25, 0.3) is 10.0 Å². The van der Waals surface area contributed by atoms with Crippen molar-refractivity contribution in [1.82, 2.24) is 14.5 Å². The Labute approximate surface area is 149 Å². The zero-order valence-electron chi connectivity index (χ0n) is 14.9. The number of nitrogens with one attached hydrogen (secondary N) is 1. The Morgan fingerprint density at radius 2 is 1.56 bits per heavy atom. The predicted molar refractivity (Wildman–Crippen MR) is 94.5 cm³/mol. The zero-order valence-corrected chi connectivity index (χ0v) is 15.7. The van der Waals surface area contributed by atoms with Gasteiger partial charge in [-0.25, -0.2) is 17.9 Å². The van der Waals surface area contributed by atoms with E-state index in [0.29, 0.717) is 32.6 Å². The molecule has 1 fully saturated rings. The molecular weight excluding hydrogens is 342 g/mol. The summed E-state index contributed by atoms with van der Waals surface area (Å²) in [5.74, 6) is 0.357. The Kier molecular flexibility index (Phi) is 6.05. The molecule has 1 aliphatic heterocycles. The van der Waals surface area contributed by atoms with Gasteiger partial charge in [0, 0.05) is 32.6 Å². The van der Waals surface area contributed by atoms with E-state index >= 15 is 0 Å². The van der Waals surface area contributed by atoms with Gasteiger partial charge < -0.3 is 9.80 Å². The molecule has 0 saturated carbocycles. The van der Waals surface area contributed by atoms with E-state index in [1.807, 2.05) is 20.8 Å². The van der Waals surface area contributed by atoms with Crippen LogP contribution >= 0.6 is 0 Å². The number of nitrogens with zero attached hydrogens (tertiary/aromatic N) is 2. The van der Waals surface area contributed by atoms with Crippen LogP contribution in [0, 0.1) is 12.8 Å². The van der Waals surface area contributed by atoms with Crippen LogP contribution in [0.15, 0.2) is 29.2 Å². The van der Waals surface area contributed by atoms with Crippen LogP contribution in [0.1, 0.15) is 25.8 Å². The average Bonchev–Trinajstić information content (AvgIpc) is 2.54. The maximum Gasteiger partial charge on any atom is 0.331 e. The lowest BCUT2D eigenvalue weighted by molar-refractivity contribution is -0.133. The number of rotatable bonds is 4. The van der Waals surface area contributed by atoms with Gasteiger partial charge in [-0.3, -0.25) is 4.79 Å². The third-order valence-electron chi connectivity index (χ3n) is 4.06. The van der Waals surface area contributed by atoms with Crippen LogP contribution in [0.4, 0.5) is 4.79 Å². The van der Waals surface area contributed by atoms with Gasteiger partial charge in [-0.15, -0.1) is 0 Å². The Morgan fingerprint density at radius 1 is 1.04 bits per heavy atom. The summed E-state index contributed by atoms with van der Waals surface area (Å²) in [6, 6.07) is 5.63. The van der Waals surface area contributed by atoms with Crippen molar-refractivity contribution >= 4 is 22.0 Å². The van der Waals surface area contributed by atoms with Crippen molar-refractivity contribution in [2.75, 3.05) is 26.2 Å². The molecule has 25 heavy (non-hydrogen) atoms. The van der Waals surface area contributed by atoms with Crippen LogP contribution < -0.4 is 4.72 Å². The van der Waals surface area contributed by atoms with Crippen LogP contribution in [-0.4, -0.2) is 56.3 Å². The Bertz CT molecular complexity index is 721. The van der Waals surface area contributed by atoms with Crippen molar-refractivity contribution in [3.63, 3.8) is 0 Å². The lowest BCUT2D eigenvalue weighted by Crippen LogP contribution is -2.54. The maximum absolute atomic E-state index is 12.3. The SMILES string of the molecule is Cc1ccc(S(=O)(=O)NC(=O)N2CCN(C(=O)CC(C)C)CC2)cc1. The fourth-order valence-electron chi connectivity index (χ4n) is 2.59. The Hall–Kier alpha value is -2.09. The second kappa shape index (κ2) is 7.86. The number of carbonyl (C=O) groups is 2. The fourth-order valence-corrected chi connectivity index (χ4v) is 3.56. The molecule has 0 spiro atoms. The van der Waals surface area contributed by atoms with Gasteiger partial charge >= 0.3 is 6.03 Å². The molecule has 0 bridgehead atoms. The van der Waals surface area contributed by atoms with Gasteiger partial charge in [0.2, 0.25) is 5.91 Å². The van der Waals surface area contributed by atoms with E-state index in [1.165, 1.54) is 17.0 Å². The van der Waals surface area contributed by atoms with Gasteiger partial charge in [-0.1, -0.05) is 31.5 Å². The molecular formula is C17H25N3O4S. The molecule has 1 aromatic rings. The summed E-state index contributed by atoms with van der Waals surface area (Å²) in [5, 5.41) is 0. The first kappa shape index (κ1) is 19.2. The maximum atomic E-state index is 12.3. The highest BCUT2D eigenvalue weighted by Crippen LogP contribution is 2.12. The molecule has 0 radical (unpaired) electrons. The number of hydrogen-bond donors (Lipinski definition) is 1. The predicted octanol–water partition coefficient (Wildman–Crippen LogP) is 1.58. The number of benzene rings is 1. The average molecular weight is 367 g/mol. The number of carbonyl (C=O) groups excluding carboxylic acids is 2. The van der Waals surface area contributed by atoms with Crippen molar-refractivity contribution < 1.29 is 18.0 Å². The molecule has 1 saturated heterocycles. The number of urea groups is 1. The molecule has 7 nitrogen and oxygen atoms in total. The van der Waals surface area contributed by atoms with Crippen molar-refractivity contribution in [3.8, 4) is 0 Å². The van der Waals surface area contributed by atoms with Gasteiger partial charge in [0.05, 0.1) is 4.90 Å². The van der Waals surface area contributed by atoms with Crippen molar-refractivity contribution in [1.29, 1.82) is 0 Å². The lowest BCUT2D eigenvalue weighted by Gasteiger charge is -2.34. The normalized spacial score (nSPS) is 15.4. The van der Waals surface area contributed by atoms with E-state index in [-0.39, 0.29) is 16.7 Å². The monoisotopic (exact) mass is 367 g/mol. The number of piperazine rings is 1. The minimum absolute atomic E-state index is 0.0530. The minimum Gasteiger partial charge on any atom is -0.339 e. The summed E-state index contributed by atoms with van der Waals surface area (Å²) < 4.78 is 26.6. The van der Waals surface area contributed by atoms with Crippen molar-refractivity contribution in [2.24, 2.45) is 5.92 Å². The molecule has 0 atom stereocenters. The third kappa shape index (κ3) is 5.19. The number of hydrogen-bond acceptors (Lipinski definition) is 4. The fraction of sp³-hybridized carbons (Fsp3) is 0.529. The summed E-state index contributed by atoms with van der Waals surface area (Å²) in [6.07, 6.45) is 0.480. The van der Waals surface area contributed by atoms with Crippen molar-refractivity contribution in [2.45, 2.75) is 32.1 Å². The molecule has 1 aromatic carbocycles. The van der Waals surface area contributed by atoms with Gasteiger partial charge in [0.15, 0.2) is 0 Å². The smallest absolute Gasteiger partial charge is 0.331 e. The van der Waals surface area contributed by atoms with Crippen LogP contribution in [-0.2, 0) is 14.8 Å². The first-order valence-corrected chi connectivity index (χ1v) is 9.83. The quantitative estimate of drug-likeness (QED) is 0.875. The van der Waals surface area contributed by atoms with E-state index < -0.39 is 16.1 Å². The van der Waals surface area contributed by atoms with E-state index in [2.05, 4.69) is 4.72 Å². The number of aryl methyl sites for hydroxylation is 1. The highest BCUT2D eigenvalue weighted by Gasteiger charge is 2.27. The first-order valence-electron chi connectivity index (χ1n) is 8.35. The highest BCUT2D eigenvalue weighted by molar-refractivity contribution is 7.90. The summed E-state index contributed by atoms with van der Waals surface area (Å²) in [6.45, 7) is 7.30. The zero-order chi connectivity index (χ0) is 18.6. The van der Waals surface area contributed by atoms with E-state index in [9.17, 15) is 18.0 Å². The highest BCUT2D eigenvalue weighted by atomic mass is 32.2. The summed E-state index contributed by atoms with van der Waals surface area (Å²) in [5.41, 5.74) is 0.937. The molecule has 3 amide bonds. The topological polar surface area (TPSA) is 86.8 Å². The summed E-state index contributed by atoms with van der Waals surface area (Å²) in [4.78, 5) is 27.5. The summed E-state index contributed by atoms with van der Waals surface area (Å²) >= 11 is 0. The third-order valence-corrected chi connectivity index (χ3v) is 5.39. The van der Waals surface area contributed by atoms with Crippen molar-refractivity contribution in [3.05, 3.63) is 29.8 Å². The van der Waals surface area contributed by atoms with Gasteiger partial charge in [-0.05, 0) is 25.0 Å². The van der Waals surface area contributed by atoms with E-state index in [1.54, 1.807) is 17.0 Å². The second-order valence-corrected chi connectivity index (χ2v) is 8.37. The second-order valence-electron chi connectivity index (χ2n) is 6.69. The molecule has 1 heterocycles. The molecule has 1 aliphatic rings. The van der Waals surface area contributed by atoms with Crippen LogP contribution in [0.3, 0.4) is 0 Å². The Morgan fingerprint density at radius 3 is 2.08 bits per heavy atom. The lowest BCUT2D eigenvalue weighted by atomic mass is 10.1. The van der Waals surface area contributed by atoms with Gasteiger partial charge in [0.1, 0.15) is 0 Å². The van der Waals surface area contributed by atoms with E-state index in [0.717, 1.165) is 5.56 Å². The minimum atomic E-state index is -3.89. The first-order chi connectivity index (χ1) is 11.7. The van der Waals surface area contributed by atoms with Gasteiger partial charge in [-0.2, -0.15) is 0 Å². The molecule has 8 heteroatoms. The molecule has 2 rings (SSSR count). The summed E-state index contributed by atoms with van der Waals surface area (Å²) in [7, 11) is -3.89. The molecule has 1 N–H and O–H groups in total.